The lowest BCUT2D eigenvalue weighted by atomic mass is 10.1. The Morgan fingerprint density at radius 2 is 1.85 bits per heavy atom. The van der Waals surface area contributed by atoms with Gasteiger partial charge in [-0.2, -0.15) is 8.78 Å². The van der Waals surface area contributed by atoms with Gasteiger partial charge in [0.1, 0.15) is 5.75 Å². The van der Waals surface area contributed by atoms with Crippen molar-refractivity contribution in [3.63, 3.8) is 0 Å². The predicted octanol–water partition coefficient (Wildman–Crippen LogP) is 4.20. The molecule has 1 atom stereocenters. The van der Waals surface area contributed by atoms with E-state index in [4.69, 9.17) is 4.74 Å². The van der Waals surface area contributed by atoms with Crippen LogP contribution in [0.5, 0.6) is 5.75 Å². The van der Waals surface area contributed by atoms with Gasteiger partial charge in [0.2, 0.25) is 5.78 Å². The minimum Gasteiger partial charge on any atom is -0.451 e. The molecule has 0 spiro atoms. The third-order valence-electron chi connectivity index (χ3n) is 3.80. The number of carbonyl (C=O) groups excluding carboxylic acids is 2. The van der Waals surface area contributed by atoms with E-state index in [1.54, 1.807) is 18.3 Å². The van der Waals surface area contributed by atoms with Crippen molar-refractivity contribution >= 4 is 22.7 Å². The van der Waals surface area contributed by atoms with Crippen molar-refractivity contribution in [3.8, 4) is 5.75 Å². The predicted molar refractivity (Wildman–Crippen MR) is 90.6 cm³/mol. The highest BCUT2D eigenvalue weighted by atomic mass is 19.3. The van der Waals surface area contributed by atoms with Gasteiger partial charge in [-0.3, -0.25) is 4.79 Å². The van der Waals surface area contributed by atoms with Gasteiger partial charge in [-0.1, -0.05) is 24.3 Å². The van der Waals surface area contributed by atoms with Crippen molar-refractivity contribution in [2.24, 2.45) is 0 Å². The minimum atomic E-state index is -3.00. The summed E-state index contributed by atoms with van der Waals surface area (Å²) in [5.74, 6) is -1.33. The topological polar surface area (TPSA) is 68.4 Å². The lowest BCUT2D eigenvalue weighted by Gasteiger charge is -2.12. The number of H-pyrrole nitrogens is 1. The first-order chi connectivity index (χ1) is 12.5. The average Bonchev–Trinajstić information content (AvgIpc) is 3.04. The van der Waals surface area contributed by atoms with Gasteiger partial charge in [0.05, 0.1) is 5.56 Å². The standard InChI is InChI=1S/C19H15F2NO4/c1-11(17(23)15-10-22-16-8-3-2-7-14(15)16)25-18(24)12-5-4-6-13(9-12)26-19(20)21/h2-11,19,22H,1H3/t11-/m1/s1. The zero-order valence-electron chi connectivity index (χ0n) is 13.7. The number of fused-ring (bicyclic) bond motifs is 1. The molecule has 134 valence electrons. The second kappa shape index (κ2) is 7.35. The molecule has 7 heteroatoms. The normalized spacial score (nSPS) is 12.2. The van der Waals surface area contributed by atoms with Gasteiger partial charge in [0, 0.05) is 22.7 Å². The number of carbonyl (C=O) groups is 2. The smallest absolute Gasteiger partial charge is 0.387 e. The van der Waals surface area contributed by atoms with Crippen molar-refractivity contribution in [2.75, 3.05) is 0 Å². The van der Waals surface area contributed by atoms with Gasteiger partial charge in [-0.05, 0) is 31.2 Å². The van der Waals surface area contributed by atoms with Gasteiger partial charge in [0.25, 0.3) is 0 Å². The van der Waals surface area contributed by atoms with Crippen LogP contribution in [-0.4, -0.2) is 29.5 Å². The summed E-state index contributed by atoms with van der Waals surface area (Å²) in [4.78, 5) is 27.8. The number of benzene rings is 2. The van der Waals surface area contributed by atoms with Crippen molar-refractivity contribution in [2.45, 2.75) is 19.6 Å². The highest BCUT2D eigenvalue weighted by Gasteiger charge is 2.23. The number of esters is 1. The number of ether oxygens (including phenoxy) is 2. The summed E-state index contributed by atoms with van der Waals surface area (Å²) in [7, 11) is 0. The molecule has 5 nitrogen and oxygen atoms in total. The van der Waals surface area contributed by atoms with Crippen molar-refractivity contribution in [3.05, 3.63) is 65.9 Å². The van der Waals surface area contributed by atoms with E-state index < -0.39 is 18.7 Å². The van der Waals surface area contributed by atoms with Gasteiger partial charge < -0.3 is 14.5 Å². The molecular weight excluding hydrogens is 344 g/mol. The van der Waals surface area contributed by atoms with E-state index in [-0.39, 0.29) is 17.1 Å². The molecule has 3 rings (SSSR count). The number of aromatic nitrogens is 1. The second-order valence-corrected chi connectivity index (χ2v) is 5.57. The van der Waals surface area contributed by atoms with Crippen molar-refractivity contribution in [1.29, 1.82) is 0 Å². The Hall–Kier alpha value is -3.22. The summed E-state index contributed by atoms with van der Waals surface area (Å²) < 4.78 is 34.0. The van der Waals surface area contributed by atoms with Crippen molar-refractivity contribution < 1.29 is 27.8 Å². The molecule has 1 heterocycles. The first kappa shape index (κ1) is 17.6. The van der Waals surface area contributed by atoms with Crippen LogP contribution in [0.25, 0.3) is 10.9 Å². The molecule has 0 radical (unpaired) electrons. The molecule has 26 heavy (non-hydrogen) atoms. The number of nitrogens with one attached hydrogen (secondary N) is 1. The Kier molecular flexibility index (Phi) is 4.97. The fraction of sp³-hybridized carbons (Fsp3) is 0.158. The summed E-state index contributed by atoms with van der Waals surface area (Å²) in [5.41, 5.74) is 1.23. The molecule has 2 aromatic carbocycles. The zero-order chi connectivity index (χ0) is 18.7. The number of rotatable bonds is 6. The van der Waals surface area contributed by atoms with Crippen LogP contribution in [0.2, 0.25) is 0 Å². The first-order valence-corrected chi connectivity index (χ1v) is 7.82. The van der Waals surface area contributed by atoms with Crippen LogP contribution in [0.15, 0.2) is 54.7 Å². The van der Waals surface area contributed by atoms with Crippen LogP contribution < -0.4 is 4.74 Å². The molecule has 0 amide bonds. The van der Waals surface area contributed by atoms with Crippen LogP contribution in [0, 0.1) is 0 Å². The van der Waals surface area contributed by atoms with Crippen LogP contribution in [0.3, 0.4) is 0 Å². The third-order valence-corrected chi connectivity index (χ3v) is 3.80. The molecule has 1 aromatic heterocycles. The monoisotopic (exact) mass is 359 g/mol. The van der Waals surface area contributed by atoms with E-state index in [1.165, 1.54) is 25.1 Å². The summed E-state index contributed by atoms with van der Waals surface area (Å²) in [6.07, 6.45) is 0.524. The van der Waals surface area contributed by atoms with Crippen LogP contribution in [0.4, 0.5) is 8.78 Å². The largest absolute Gasteiger partial charge is 0.451 e. The van der Waals surface area contributed by atoms with Crippen LogP contribution in [0.1, 0.15) is 27.6 Å². The van der Waals surface area contributed by atoms with Crippen LogP contribution in [-0.2, 0) is 4.74 Å². The molecule has 0 aliphatic carbocycles. The third kappa shape index (κ3) is 3.72. The summed E-state index contributed by atoms with van der Waals surface area (Å²) in [6, 6.07) is 12.5. The molecule has 0 saturated heterocycles. The number of ketones is 1. The van der Waals surface area contributed by atoms with Crippen LogP contribution >= 0.6 is 0 Å². The van der Waals surface area contributed by atoms with E-state index >= 15 is 0 Å². The Morgan fingerprint density at radius 1 is 1.08 bits per heavy atom. The maximum atomic E-state index is 12.6. The van der Waals surface area contributed by atoms with E-state index in [9.17, 15) is 18.4 Å². The number of hydrogen-bond acceptors (Lipinski definition) is 4. The fourth-order valence-electron chi connectivity index (χ4n) is 2.58. The Bertz CT molecular complexity index is 951. The van der Waals surface area contributed by atoms with Gasteiger partial charge in [0.15, 0.2) is 6.10 Å². The number of aromatic amines is 1. The Morgan fingerprint density at radius 3 is 2.62 bits per heavy atom. The SMILES string of the molecule is C[C@@H](OC(=O)c1cccc(OC(F)F)c1)C(=O)c1c[nH]c2ccccc12. The molecule has 0 aliphatic rings. The second-order valence-electron chi connectivity index (χ2n) is 5.57. The number of alkyl halides is 2. The molecule has 0 aliphatic heterocycles. The van der Waals surface area contributed by atoms with E-state index in [1.807, 2.05) is 12.1 Å². The number of Topliss-reactive ketones (excluding diaryl/α,β-unsaturated/α-hetero) is 1. The average molecular weight is 359 g/mol. The molecule has 1 N–H and O–H groups in total. The van der Waals surface area contributed by atoms with Gasteiger partial charge in [-0.25, -0.2) is 4.79 Å². The number of para-hydroxylation sites is 1. The lowest BCUT2D eigenvalue weighted by molar-refractivity contribution is -0.0499. The van der Waals surface area contributed by atoms with Gasteiger partial charge >= 0.3 is 12.6 Å². The van der Waals surface area contributed by atoms with Gasteiger partial charge in [-0.15, -0.1) is 0 Å². The van der Waals surface area contributed by atoms with E-state index in [2.05, 4.69) is 9.72 Å². The minimum absolute atomic E-state index is 0.0155. The van der Waals surface area contributed by atoms with Crippen molar-refractivity contribution in [1.82, 2.24) is 4.98 Å². The summed E-state index contributed by atoms with van der Waals surface area (Å²) >= 11 is 0. The lowest BCUT2D eigenvalue weighted by Crippen LogP contribution is -2.24. The Balaban J connectivity index is 1.74. The maximum Gasteiger partial charge on any atom is 0.387 e. The molecule has 0 fully saturated rings. The summed E-state index contributed by atoms with van der Waals surface area (Å²) in [5, 5.41) is 0.729. The Labute approximate surface area is 147 Å². The fourth-order valence-corrected chi connectivity index (χ4v) is 2.58. The molecule has 0 unspecified atom stereocenters. The number of halogens is 2. The zero-order valence-corrected chi connectivity index (χ0v) is 13.7. The molecule has 0 saturated carbocycles. The maximum absolute atomic E-state index is 12.6. The summed E-state index contributed by atoms with van der Waals surface area (Å²) in [6.45, 7) is -1.54. The highest BCUT2D eigenvalue weighted by molar-refractivity contribution is 6.10. The quantitative estimate of drug-likeness (QED) is 0.529. The highest BCUT2D eigenvalue weighted by Crippen LogP contribution is 2.21. The molecule has 3 aromatic rings. The number of hydrogen-bond donors (Lipinski definition) is 1. The molecule has 0 bridgehead atoms. The van der Waals surface area contributed by atoms with E-state index in [0.29, 0.717) is 5.56 Å². The first-order valence-electron chi connectivity index (χ1n) is 7.82. The van der Waals surface area contributed by atoms with E-state index in [0.717, 1.165) is 17.0 Å². The molecular formula is C19H15F2NO4.